The first-order valence-corrected chi connectivity index (χ1v) is 7.15. The van der Waals surface area contributed by atoms with Crippen molar-refractivity contribution in [2.24, 2.45) is 5.92 Å². The maximum Gasteiger partial charge on any atom is 0.320 e. The summed E-state index contributed by atoms with van der Waals surface area (Å²) in [6.07, 6.45) is 1.37. The fourth-order valence-electron chi connectivity index (χ4n) is 2.19. The lowest BCUT2D eigenvalue weighted by Gasteiger charge is -2.21. The summed E-state index contributed by atoms with van der Waals surface area (Å²) in [5.74, 6) is -1.84. The summed E-state index contributed by atoms with van der Waals surface area (Å²) in [4.78, 5) is 22.5. The van der Waals surface area contributed by atoms with Crippen LogP contribution in [-0.2, 0) is 16.0 Å². The van der Waals surface area contributed by atoms with E-state index in [4.69, 9.17) is 0 Å². The summed E-state index contributed by atoms with van der Waals surface area (Å²) >= 11 is 0. The lowest BCUT2D eigenvalue weighted by Crippen LogP contribution is -2.47. The van der Waals surface area contributed by atoms with Gasteiger partial charge < -0.3 is 10.2 Å². The molecule has 5 heteroatoms. The Morgan fingerprint density at radius 1 is 1.05 bits per heavy atom. The molecule has 0 heterocycles. The van der Waals surface area contributed by atoms with Crippen molar-refractivity contribution in [1.29, 1.82) is 0 Å². The van der Waals surface area contributed by atoms with Gasteiger partial charge in [0.2, 0.25) is 0 Å². The van der Waals surface area contributed by atoms with Crippen molar-refractivity contribution >= 4 is 11.9 Å². The van der Waals surface area contributed by atoms with Crippen LogP contribution in [-0.4, -0.2) is 34.2 Å². The van der Waals surface area contributed by atoms with Gasteiger partial charge in [-0.3, -0.25) is 14.9 Å². The summed E-state index contributed by atoms with van der Waals surface area (Å²) in [5, 5.41) is 21.2. The first-order chi connectivity index (χ1) is 9.90. The lowest BCUT2D eigenvalue weighted by molar-refractivity contribution is -0.143. The maximum atomic E-state index is 11.3. The van der Waals surface area contributed by atoms with E-state index < -0.39 is 24.0 Å². The van der Waals surface area contributed by atoms with E-state index in [0.717, 1.165) is 5.56 Å². The van der Waals surface area contributed by atoms with Crippen LogP contribution in [0.5, 0.6) is 0 Å². The summed E-state index contributed by atoms with van der Waals surface area (Å²) < 4.78 is 0. The van der Waals surface area contributed by atoms with Gasteiger partial charge in [0.05, 0.1) is 0 Å². The molecule has 116 valence electrons. The third kappa shape index (κ3) is 6.40. The average Bonchev–Trinajstić information content (AvgIpc) is 2.42. The van der Waals surface area contributed by atoms with Gasteiger partial charge in [-0.25, -0.2) is 0 Å². The van der Waals surface area contributed by atoms with E-state index in [1.807, 2.05) is 44.2 Å². The molecule has 0 aliphatic carbocycles. The van der Waals surface area contributed by atoms with Gasteiger partial charge in [-0.15, -0.1) is 0 Å². The molecule has 1 aromatic carbocycles. The molecule has 5 nitrogen and oxygen atoms in total. The number of aryl methyl sites for hydroxylation is 1. The van der Waals surface area contributed by atoms with Gasteiger partial charge in [0.1, 0.15) is 12.1 Å². The van der Waals surface area contributed by atoms with Crippen LogP contribution in [0.4, 0.5) is 0 Å². The second kappa shape index (κ2) is 8.42. The molecule has 0 spiro atoms. The highest BCUT2D eigenvalue weighted by molar-refractivity contribution is 5.77. The van der Waals surface area contributed by atoms with E-state index in [-0.39, 0.29) is 5.92 Å². The highest BCUT2D eigenvalue weighted by Crippen LogP contribution is 2.10. The van der Waals surface area contributed by atoms with Crippen LogP contribution >= 0.6 is 0 Å². The third-order valence-corrected chi connectivity index (χ3v) is 3.27. The van der Waals surface area contributed by atoms with Crippen LogP contribution in [0, 0.1) is 5.92 Å². The lowest BCUT2D eigenvalue weighted by atomic mass is 10.0. The predicted octanol–water partition coefficient (Wildman–Crippen LogP) is 2.16. The Kier molecular flexibility index (Phi) is 6.88. The van der Waals surface area contributed by atoms with E-state index in [2.05, 4.69) is 5.32 Å². The van der Waals surface area contributed by atoms with E-state index in [9.17, 15) is 19.8 Å². The quantitative estimate of drug-likeness (QED) is 0.649. The second-order valence-electron chi connectivity index (χ2n) is 5.60. The van der Waals surface area contributed by atoms with Gasteiger partial charge in [-0.05, 0) is 30.7 Å². The Bertz CT molecular complexity index is 459. The molecule has 0 radical (unpaired) electrons. The molecule has 0 unspecified atom stereocenters. The van der Waals surface area contributed by atoms with Gasteiger partial charge in [-0.1, -0.05) is 44.2 Å². The molecule has 1 aromatic rings. The Hall–Kier alpha value is -1.88. The van der Waals surface area contributed by atoms with Gasteiger partial charge in [0, 0.05) is 0 Å². The maximum absolute atomic E-state index is 11.3. The summed E-state index contributed by atoms with van der Waals surface area (Å²) in [6.45, 7) is 3.83. The van der Waals surface area contributed by atoms with Crippen LogP contribution in [0.2, 0.25) is 0 Å². The normalized spacial score (nSPS) is 13.9. The molecule has 0 fully saturated rings. The fourth-order valence-corrected chi connectivity index (χ4v) is 2.19. The van der Waals surface area contributed by atoms with Crippen molar-refractivity contribution in [3.63, 3.8) is 0 Å². The molecule has 0 aliphatic heterocycles. The number of carboxylic acid groups (broad SMARTS) is 2. The highest BCUT2D eigenvalue weighted by atomic mass is 16.4. The largest absolute Gasteiger partial charge is 0.480 e. The van der Waals surface area contributed by atoms with E-state index in [1.54, 1.807) is 0 Å². The van der Waals surface area contributed by atoms with Crippen molar-refractivity contribution in [2.45, 2.75) is 45.2 Å². The average molecular weight is 293 g/mol. The molecule has 0 bridgehead atoms. The number of hydrogen-bond acceptors (Lipinski definition) is 3. The number of hydrogen-bond donors (Lipinski definition) is 3. The van der Waals surface area contributed by atoms with Gasteiger partial charge in [0.15, 0.2) is 0 Å². The molecule has 0 aromatic heterocycles. The van der Waals surface area contributed by atoms with Crippen molar-refractivity contribution in [1.82, 2.24) is 5.32 Å². The Morgan fingerprint density at radius 2 is 1.62 bits per heavy atom. The van der Waals surface area contributed by atoms with Crippen LogP contribution < -0.4 is 5.32 Å². The van der Waals surface area contributed by atoms with Crippen molar-refractivity contribution < 1.29 is 19.8 Å². The zero-order valence-electron chi connectivity index (χ0n) is 12.5. The minimum Gasteiger partial charge on any atom is -0.480 e. The van der Waals surface area contributed by atoms with Crippen LogP contribution in [0.25, 0.3) is 0 Å². The predicted molar refractivity (Wildman–Crippen MR) is 80.2 cm³/mol. The van der Waals surface area contributed by atoms with Crippen LogP contribution in [0.1, 0.15) is 32.3 Å². The summed E-state index contributed by atoms with van der Waals surface area (Å²) in [6, 6.07) is 7.88. The number of rotatable bonds is 9. The molecule has 0 amide bonds. The highest BCUT2D eigenvalue weighted by Gasteiger charge is 2.26. The molecule has 21 heavy (non-hydrogen) atoms. The van der Waals surface area contributed by atoms with Gasteiger partial charge in [0.25, 0.3) is 0 Å². The van der Waals surface area contributed by atoms with Gasteiger partial charge >= 0.3 is 11.9 Å². The van der Waals surface area contributed by atoms with Crippen molar-refractivity contribution in [2.75, 3.05) is 0 Å². The molecule has 2 atom stereocenters. The minimum absolute atomic E-state index is 0.183. The first-order valence-electron chi connectivity index (χ1n) is 7.15. The van der Waals surface area contributed by atoms with E-state index in [0.29, 0.717) is 19.3 Å². The molecular weight excluding hydrogens is 270 g/mol. The standard InChI is InChI=1S/C16H23NO4/c1-11(2)10-14(16(20)21)17-13(15(18)19)9-8-12-6-4-3-5-7-12/h3-7,11,13-14,17H,8-10H2,1-2H3,(H,18,19)(H,20,21)/t13-,14+/m1/s1. The Labute approximate surface area is 125 Å². The second-order valence-corrected chi connectivity index (χ2v) is 5.60. The zero-order valence-corrected chi connectivity index (χ0v) is 12.5. The Balaban J connectivity index is 2.63. The monoisotopic (exact) mass is 293 g/mol. The Morgan fingerprint density at radius 3 is 2.10 bits per heavy atom. The number of benzene rings is 1. The molecule has 3 N–H and O–H groups in total. The van der Waals surface area contributed by atoms with Crippen molar-refractivity contribution in [3.8, 4) is 0 Å². The number of carboxylic acids is 2. The SMILES string of the molecule is CC(C)C[C@H](N[C@H](CCc1ccccc1)C(=O)O)C(=O)O. The van der Waals surface area contributed by atoms with Crippen LogP contribution in [0.3, 0.4) is 0 Å². The number of carbonyl (C=O) groups is 2. The van der Waals surface area contributed by atoms with Crippen LogP contribution in [0.15, 0.2) is 30.3 Å². The fraction of sp³-hybridized carbons (Fsp3) is 0.500. The third-order valence-electron chi connectivity index (χ3n) is 3.27. The molecule has 0 saturated carbocycles. The van der Waals surface area contributed by atoms with E-state index in [1.165, 1.54) is 0 Å². The molecule has 1 rings (SSSR count). The number of nitrogens with one attached hydrogen (secondary N) is 1. The molecule has 0 saturated heterocycles. The first kappa shape index (κ1) is 17.2. The smallest absolute Gasteiger partial charge is 0.320 e. The molecule has 0 aliphatic rings. The van der Waals surface area contributed by atoms with Gasteiger partial charge in [-0.2, -0.15) is 0 Å². The van der Waals surface area contributed by atoms with E-state index >= 15 is 0 Å². The molecular formula is C16H23NO4. The summed E-state index contributed by atoms with van der Waals surface area (Å²) in [7, 11) is 0. The number of aliphatic carboxylic acids is 2. The zero-order chi connectivity index (χ0) is 15.8. The minimum atomic E-state index is -1.01. The van der Waals surface area contributed by atoms with Crippen molar-refractivity contribution in [3.05, 3.63) is 35.9 Å². The topological polar surface area (TPSA) is 86.6 Å². The summed E-state index contributed by atoms with van der Waals surface area (Å²) in [5.41, 5.74) is 1.04.